The third-order valence-electron chi connectivity index (χ3n) is 3.71. The molecule has 2 unspecified atom stereocenters. The lowest BCUT2D eigenvalue weighted by Gasteiger charge is -2.38. The molecule has 0 radical (unpaired) electrons. The summed E-state index contributed by atoms with van der Waals surface area (Å²) in [4.78, 5) is 6.83. The molecule has 1 aliphatic rings. The molecule has 0 aliphatic carbocycles. The van der Waals surface area contributed by atoms with E-state index in [1.54, 1.807) is 0 Å². The smallest absolute Gasteiger partial charge is 0.208 e. The van der Waals surface area contributed by atoms with Crippen molar-refractivity contribution in [3.63, 3.8) is 0 Å². The maximum absolute atomic E-state index is 5.71. The summed E-state index contributed by atoms with van der Waals surface area (Å²) >= 11 is 0. The molecule has 2 rings (SSSR count). The summed E-state index contributed by atoms with van der Waals surface area (Å²) in [6, 6.07) is 1.17. The third-order valence-corrected chi connectivity index (χ3v) is 3.71. The number of aromatic nitrogens is 1. The summed E-state index contributed by atoms with van der Waals surface area (Å²) in [7, 11) is 0. The van der Waals surface area contributed by atoms with Crippen molar-refractivity contribution in [3.05, 3.63) is 17.8 Å². The van der Waals surface area contributed by atoms with Crippen molar-refractivity contribution in [1.82, 2.24) is 15.2 Å². The second-order valence-corrected chi connectivity index (χ2v) is 5.25. The molecule has 2 heterocycles. The molecule has 0 saturated carbocycles. The van der Waals surface area contributed by atoms with Gasteiger partial charge in [0, 0.05) is 31.6 Å². The maximum atomic E-state index is 5.71. The van der Waals surface area contributed by atoms with Crippen molar-refractivity contribution in [2.24, 2.45) is 0 Å². The minimum absolute atomic E-state index is 0.551. The first kappa shape index (κ1) is 13.6. The van der Waals surface area contributed by atoms with E-state index in [1.165, 1.54) is 12.8 Å². The number of hydrogen-bond acceptors (Lipinski definition) is 4. The molecule has 1 N–H and O–H groups in total. The van der Waals surface area contributed by atoms with Gasteiger partial charge in [-0.2, -0.15) is 0 Å². The molecule has 102 valence electrons. The van der Waals surface area contributed by atoms with Gasteiger partial charge in [0.05, 0.1) is 12.7 Å². The second-order valence-electron chi connectivity index (χ2n) is 5.25. The lowest BCUT2D eigenvalue weighted by molar-refractivity contribution is 0.118. The normalized spacial score (nSPS) is 25.5. The van der Waals surface area contributed by atoms with Gasteiger partial charge in [0.1, 0.15) is 5.76 Å². The molecule has 0 amide bonds. The van der Waals surface area contributed by atoms with Crippen LogP contribution in [0.3, 0.4) is 0 Å². The molecule has 4 nitrogen and oxygen atoms in total. The minimum atomic E-state index is 0.551. The minimum Gasteiger partial charge on any atom is -0.444 e. The Bertz CT molecular complexity index is 364. The van der Waals surface area contributed by atoms with E-state index in [9.17, 15) is 0 Å². The number of hydrogen-bond donors (Lipinski definition) is 1. The fourth-order valence-corrected chi connectivity index (χ4v) is 2.51. The highest BCUT2D eigenvalue weighted by Crippen LogP contribution is 2.14. The van der Waals surface area contributed by atoms with E-state index in [0.717, 1.165) is 37.7 Å². The number of aryl methyl sites for hydroxylation is 1. The Morgan fingerprint density at radius 1 is 1.50 bits per heavy atom. The molecule has 1 saturated heterocycles. The summed E-state index contributed by atoms with van der Waals surface area (Å²) in [6.07, 6.45) is 5.25. The van der Waals surface area contributed by atoms with Crippen molar-refractivity contribution in [3.8, 4) is 0 Å². The molecule has 2 atom stereocenters. The predicted octanol–water partition coefficient (Wildman–Crippen LogP) is 2.20. The number of rotatable bonds is 5. The van der Waals surface area contributed by atoms with Gasteiger partial charge in [0.25, 0.3) is 0 Å². The van der Waals surface area contributed by atoms with Gasteiger partial charge in [-0.3, -0.25) is 4.90 Å². The van der Waals surface area contributed by atoms with Crippen LogP contribution in [0.2, 0.25) is 0 Å². The van der Waals surface area contributed by atoms with E-state index in [4.69, 9.17) is 4.42 Å². The summed E-state index contributed by atoms with van der Waals surface area (Å²) < 4.78 is 5.71. The molecule has 4 heteroatoms. The van der Waals surface area contributed by atoms with Crippen molar-refractivity contribution in [2.45, 2.75) is 58.7 Å². The number of nitrogens with one attached hydrogen (secondary N) is 1. The lowest BCUT2D eigenvalue weighted by Crippen LogP contribution is -2.54. The van der Waals surface area contributed by atoms with Gasteiger partial charge in [-0.1, -0.05) is 20.3 Å². The van der Waals surface area contributed by atoms with Crippen LogP contribution >= 0.6 is 0 Å². The molecular formula is C14H25N3O. The van der Waals surface area contributed by atoms with Crippen molar-refractivity contribution < 1.29 is 4.42 Å². The monoisotopic (exact) mass is 251 g/mol. The zero-order valence-corrected chi connectivity index (χ0v) is 11.8. The summed E-state index contributed by atoms with van der Waals surface area (Å²) in [5.41, 5.74) is 0. The van der Waals surface area contributed by atoms with E-state index >= 15 is 0 Å². The molecule has 1 aliphatic heterocycles. The first-order valence-electron chi connectivity index (χ1n) is 7.14. The van der Waals surface area contributed by atoms with Crippen LogP contribution in [-0.4, -0.2) is 35.1 Å². The van der Waals surface area contributed by atoms with Crippen molar-refractivity contribution in [1.29, 1.82) is 0 Å². The number of piperazine rings is 1. The number of nitrogens with zero attached hydrogens (tertiary/aromatic N) is 2. The fraction of sp³-hybridized carbons (Fsp3) is 0.786. The molecule has 0 bridgehead atoms. The standard InChI is InChI=1S/C14H25N3O/c1-4-6-12-9-17(11(3)7-15-12)10-14-16-8-13(5-2)18-14/h8,11-12,15H,4-7,9-10H2,1-3H3. The topological polar surface area (TPSA) is 41.3 Å². The van der Waals surface area contributed by atoms with Gasteiger partial charge >= 0.3 is 0 Å². The quantitative estimate of drug-likeness (QED) is 0.871. The Labute approximate surface area is 110 Å². The average molecular weight is 251 g/mol. The lowest BCUT2D eigenvalue weighted by atomic mass is 10.1. The number of oxazole rings is 1. The summed E-state index contributed by atoms with van der Waals surface area (Å²) in [5, 5.41) is 3.61. The Balaban J connectivity index is 1.93. The predicted molar refractivity (Wildman–Crippen MR) is 72.5 cm³/mol. The Morgan fingerprint density at radius 2 is 2.33 bits per heavy atom. The maximum Gasteiger partial charge on any atom is 0.208 e. The van der Waals surface area contributed by atoms with Crippen LogP contribution in [0.5, 0.6) is 0 Å². The van der Waals surface area contributed by atoms with E-state index < -0.39 is 0 Å². The van der Waals surface area contributed by atoms with Crippen LogP contribution in [0.1, 0.15) is 45.3 Å². The molecule has 18 heavy (non-hydrogen) atoms. The fourth-order valence-electron chi connectivity index (χ4n) is 2.51. The van der Waals surface area contributed by atoms with E-state index in [-0.39, 0.29) is 0 Å². The second kappa shape index (κ2) is 6.34. The van der Waals surface area contributed by atoms with Crippen LogP contribution in [0, 0.1) is 0 Å². The SMILES string of the molecule is CCCC1CN(Cc2ncc(CC)o2)C(C)CN1. The van der Waals surface area contributed by atoms with Crippen LogP contribution < -0.4 is 5.32 Å². The van der Waals surface area contributed by atoms with Crippen LogP contribution in [0.4, 0.5) is 0 Å². The first-order chi connectivity index (χ1) is 8.72. The average Bonchev–Trinajstić information content (AvgIpc) is 2.81. The van der Waals surface area contributed by atoms with E-state index in [2.05, 4.69) is 36.0 Å². The summed E-state index contributed by atoms with van der Waals surface area (Å²) in [5.74, 6) is 1.84. The molecule has 1 fully saturated rings. The van der Waals surface area contributed by atoms with Crippen molar-refractivity contribution in [2.75, 3.05) is 13.1 Å². The molecule has 1 aromatic heterocycles. The van der Waals surface area contributed by atoms with Gasteiger partial charge in [0.15, 0.2) is 0 Å². The molecule has 0 aromatic carbocycles. The molecule has 0 spiro atoms. The largest absolute Gasteiger partial charge is 0.444 e. The summed E-state index contributed by atoms with van der Waals surface area (Å²) in [6.45, 7) is 9.59. The van der Waals surface area contributed by atoms with Crippen LogP contribution in [-0.2, 0) is 13.0 Å². The highest BCUT2D eigenvalue weighted by molar-refractivity contribution is 4.95. The van der Waals surface area contributed by atoms with Gasteiger partial charge in [-0.25, -0.2) is 4.98 Å². The highest BCUT2D eigenvalue weighted by atomic mass is 16.4. The third kappa shape index (κ3) is 3.33. The Kier molecular flexibility index (Phi) is 4.78. The van der Waals surface area contributed by atoms with E-state index in [0.29, 0.717) is 12.1 Å². The first-order valence-corrected chi connectivity index (χ1v) is 7.14. The van der Waals surface area contributed by atoms with Crippen LogP contribution in [0.25, 0.3) is 0 Å². The highest BCUT2D eigenvalue weighted by Gasteiger charge is 2.25. The van der Waals surface area contributed by atoms with Crippen molar-refractivity contribution >= 4 is 0 Å². The van der Waals surface area contributed by atoms with Gasteiger partial charge in [0.2, 0.25) is 5.89 Å². The molecular weight excluding hydrogens is 226 g/mol. The van der Waals surface area contributed by atoms with E-state index in [1.807, 2.05) is 6.20 Å². The zero-order valence-electron chi connectivity index (χ0n) is 11.8. The Hall–Kier alpha value is -0.870. The van der Waals surface area contributed by atoms with Crippen LogP contribution in [0.15, 0.2) is 10.6 Å². The van der Waals surface area contributed by atoms with Gasteiger partial charge < -0.3 is 9.73 Å². The van der Waals surface area contributed by atoms with Gasteiger partial charge in [-0.05, 0) is 13.3 Å². The molecule has 1 aromatic rings. The van der Waals surface area contributed by atoms with Gasteiger partial charge in [-0.15, -0.1) is 0 Å². The Morgan fingerprint density at radius 3 is 3.00 bits per heavy atom. The zero-order chi connectivity index (χ0) is 13.0.